The predicted octanol–water partition coefficient (Wildman–Crippen LogP) is 3.63. The van der Waals surface area contributed by atoms with E-state index >= 15 is 0 Å². The minimum atomic E-state index is -0.286. The number of carbonyl (C=O) groups is 1. The molecule has 6 nitrogen and oxygen atoms in total. The van der Waals surface area contributed by atoms with Crippen LogP contribution in [-0.4, -0.2) is 33.8 Å². The third-order valence-electron chi connectivity index (χ3n) is 3.48. The summed E-state index contributed by atoms with van der Waals surface area (Å²) < 4.78 is 18.9. The fourth-order valence-corrected chi connectivity index (χ4v) is 3.79. The third-order valence-corrected chi connectivity index (χ3v) is 5.48. The van der Waals surface area contributed by atoms with E-state index in [0.29, 0.717) is 18.2 Å². The maximum Gasteiger partial charge on any atom is 0.233 e. The molecule has 0 atom stereocenters. The summed E-state index contributed by atoms with van der Waals surface area (Å²) in [5.74, 6) is 0.766. The Morgan fingerprint density at radius 1 is 1.31 bits per heavy atom. The van der Waals surface area contributed by atoms with E-state index in [1.165, 1.54) is 35.2 Å². The van der Waals surface area contributed by atoms with Gasteiger partial charge < -0.3 is 14.6 Å². The van der Waals surface area contributed by atoms with Crippen molar-refractivity contribution in [2.75, 3.05) is 18.1 Å². The topological polar surface area (TPSA) is 71.3 Å². The summed E-state index contributed by atoms with van der Waals surface area (Å²) >= 11 is 2.73. The minimum Gasteiger partial charge on any atom is -0.467 e. The lowest BCUT2D eigenvalue weighted by Crippen LogP contribution is -2.27. The van der Waals surface area contributed by atoms with E-state index in [2.05, 4.69) is 15.5 Å². The van der Waals surface area contributed by atoms with Crippen LogP contribution in [0.1, 0.15) is 11.3 Å². The first-order valence-corrected chi connectivity index (χ1v) is 9.61. The van der Waals surface area contributed by atoms with Crippen molar-refractivity contribution in [1.29, 1.82) is 0 Å². The van der Waals surface area contributed by atoms with Gasteiger partial charge in [-0.2, -0.15) is 0 Å². The molecule has 0 aliphatic heterocycles. The van der Waals surface area contributed by atoms with E-state index in [1.54, 1.807) is 30.3 Å². The number of amides is 1. The molecular weight excluding hydrogens is 375 g/mol. The molecule has 0 saturated carbocycles. The quantitative estimate of drug-likeness (QED) is 0.590. The second kappa shape index (κ2) is 8.81. The molecule has 1 amide bonds. The maximum absolute atomic E-state index is 12.9. The molecule has 2 aromatic heterocycles. The Kier molecular flexibility index (Phi) is 6.24. The molecule has 0 radical (unpaired) electrons. The van der Waals surface area contributed by atoms with Crippen molar-refractivity contribution < 1.29 is 13.6 Å². The largest absolute Gasteiger partial charge is 0.467 e. The second-order valence-electron chi connectivity index (χ2n) is 5.47. The summed E-state index contributed by atoms with van der Waals surface area (Å²) in [5, 5.41) is 11.9. The molecule has 2 heterocycles. The summed E-state index contributed by atoms with van der Waals surface area (Å²) in [6.07, 6.45) is 1.62. The number of thioether (sulfide) groups is 1. The highest BCUT2D eigenvalue weighted by atomic mass is 32.2. The molecule has 0 aliphatic carbocycles. The van der Waals surface area contributed by atoms with Crippen LogP contribution in [0.25, 0.3) is 0 Å². The first kappa shape index (κ1) is 18.4. The number of carbonyl (C=O) groups excluding carboxylic acids is 1. The van der Waals surface area contributed by atoms with Gasteiger partial charge in [-0.25, -0.2) is 4.39 Å². The number of rotatable bonds is 8. The van der Waals surface area contributed by atoms with Crippen molar-refractivity contribution in [3.8, 4) is 0 Å². The van der Waals surface area contributed by atoms with Gasteiger partial charge >= 0.3 is 0 Å². The van der Waals surface area contributed by atoms with Crippen LogP contribution in [0.4, 0.5) is 9.52 Å². The van der Waals surface area contributed by atoms with E-state index in [-0.39, 0.29) is 17.5 Å². The number of nitrogens with zero attached hydrogens (tertiary/aromatic N) is 3. The molecule has 26 heavy (non-hydrogen) atoms. The molecule has 0 bridgehead atoms. The van der Waals surface area contributed by atoms with Gasteiger partial charge in [0.15, 0.2) is 4.34 Å². The van der Waals surface area contributed by atoms with Crippen LogP contribution in [0.3, 0.4) is 0 Å². The zero-order chi connectivity index (χ0) is 18.4. The molecule has 0 spiro atoms. The Morgan fingerprint density at radius 3 is 2.85 bits per heavy atom. The van der Waals surface area contributed by atoms with Crippen LogP contribution in [0.15, 0.2) is 51.4 Å². The average molecular weight is 392 g/mol. The number of halogens is 1. The highest BCUT2D eigenvalue weighted by Gasteiger charge is 2.12. The number of hydrogen-bond acceptors (Lipinski definition) is 7. The summed E-state index contributed by atoms with van der Waals surface area (Å²) in [7, 11) is 1.72. The lowest BCUT2D eigenvalue weighted by Gasteiger charge is -2.16. The van der Waals surface area contributed by atoms with Gasteiger partial charge in [-0.15, -0.1) is 10.2 Å². The van der Waals surface area contributed by atoms with Crippen molar-refractivity contribution in [3.63, 3.8) is 0 Å². The fraction of sp³-hybridized carbons (Fsp3) is 0.235. The molecule has 1 N–H and O–H groups in total. The number of hydrogen-bond donors (Lipinski definition) is 1. The van der Waals surface area contributed by atoms with E-state index in [1.807, 2.05) is 12.1 Å². The van der Waals surface area contributed by atoms with Gasteiger partial charge in [0.1, 0.15) is 11.6 Å². The summed E-state index contributed by atoms with van der Waals surface area (Å²) in [6, 6.07) is 9.83. The lowest BCUT2D eigenvalue weighted by molar-refractivity contribution is -0.127. The summed E-state index contributed by atoms with van der Waals surface area (Å²) in [5.41, 5.74) is 0.882. The Morgan fingerprint density at radius 2 is 2.12 bits per heavy atom. The van der Waals surface area contributed by atoms with Gasteiger partial charge in [-0.05, 0) is 29.8 Å². The molecule has 1 aromatic carbocycles. The first-order valence-electron chi connectivity index (χ1n) is 7.81. The standard InChI is InChI=1S/C17H17FN4O2S2/c1-22(10-12-4-6-13(18)7-5-12)15(23)11-25-17-21-20-16(26-17)19-9-14-3-2-8-24-14/h2-8H,9-11H2,1H3,(H,19,20). The average Bonchev–Trinajstić information content (AvgIpc) is 3.31. The normalized spacial score (nSPS) is 10.7. The molecule has 3 aromatic rings. The summed E-state index contributed by atoms with van der Waals surface area (Å²) in [6.45, 7) is 0.970. The van der Waals surface area contributed by atoms with E-state index in [9.17, 15) is 9.18 Å². The van der Waals surface area contributed by atoms with Crippen molar-refractivity contribution in [1.82, 2.24) is 15.1 Å². The molecule has 3 rings (SSSR count). The Balaban J connectivity index is 1.44. The van der Waals surface area contributed by atoms with Gasteiger partial charge in [0.05, 0.1) is 18.6 Å². The van der Waals surface area contributed by atoms with E-state index in [0.717, 1.165) is 15.7 Å². The molecular formula is C17H17FN4O2S2. The van der Waals surface area contributed by atoms with Crippen molar-refractivity contribution in [2.45, 2.75) is 17.4 Å². The number of benzene rings is 1. The Hall–Kier alpha value is -2.39. The molecule has 0 fully saturated rings. The Bertz CT molecular complexity index is 837. The fourth-order valence-electron chi connectivity index (χ4n) is 2.10. The lowest BCUT2D eigenvalue weighted by atomic mass is 10.2. The second-order valence-corrected chi connectivity index (χ2v) is 7.67. The van der Waals surface area contributed by atoms with Gasteiger partial charge in [0.2, 0.25) is 11.0 Å². The maximum atomic E-state index is 12.9. The van der Waals surface area contributed by atoms with Crippen LogP contribution in [0.5, 0.6) is 0 Å². The van der Waals surface area contributed by atoms with Crippen molar-refractivity contribution >= 4 is 34.1 Å². The number of nitrogens with one attached hydrogen (secondary N) is 1. The zero-order valence-corrected chi connectivity index (χ0v) is 15.6. The van der Waals surface area contributed by atoms with Crippen LogP contribution in [0, 0.1) is 5.82 Å². The van der Waals surface area contributed by atoms with E-state index < -0.39 is 0 Å². The number of anilines is 1. The molecule has 0 aliphatic rings. The van der Waals surface area contributed by atoms with Crippen molar-refractivity contribution in [3.05, 3.63) is 59.8 Å². The third kappa shape index (κ3) is 5.30. The van der Waals surface area contributed by atoms with Crippen LogP contribution < -0.4 is 5.32 Å². The monoisotopic (exact) mass is 392 g/mol. The Labute approximate surface area is 158 Å². The summed E-state index contributed by atoms with van der Waals surface area (Å²) in [4.78, 5) is 13.8. The molecule has 0 saturated heterocycles. The molecule has 136 valence electrons. The highest BCUT2D eigenvalue weighted by molar-refractivity contribution is 8.01. The van der Waals surface area contributed by atoms with Crippen LogP contribution in [0.2, 0.25) is 0 Å². The first-order chi connectivity index (χ1) is 12.6. The smallest absolute Gasteiger partial charge is 0.233 e. The van der Waals surface area contributed by atoms with Crippen LogP contribution in [-0.2, 0) is 17.9 Å². The van der Waals surface area contributed by atoms with Gasteiger partial charge in [0.25, 0.3) is 0 Å². The van der Waals surface area contributed by atoms with Crippen molar-refractivity contribution in [2.24, 2.45) is 0 Å². The molecule has 9 heteroatoms. The molecule has 0 unspecified atom stereocenters. The van der Waals surface area contributed by atoms with Gasteiger partial charge in [0, 0.05) is 13.6 Å². The van der Waals surface area contributed by atoms with Crippen LogP contribution >= 0.6 is 23.1 Å². The SMILES string of the molecule is CN(Cc1ccc(F)cc1)C(=O)CSc1nnc(NCc2ccco2)s1. The minimum absolute atomic E-state index is 0.0281. The van der Waals surface area contributed by atoms with Gasteiger partial charge in [-0.3, -0.25) is 4.79 Å². The zero-order valence-electron chi connectivity index (χ0n) is 14.0. The highest BCUT2D eigenvalue weighted by Crippen LogP contribution is 2.26. The number of furan rings is 1. The predicted molar refractivity (Wildman–Crippen MR) is 99.5 cm³/mol. The number of aromatic nitrogens is 2. The van der Waals surface area contributed by atoms with Gasteiger partial charge in [-0.1, -0.05) is 35.2 Å². The van der Waals surface area contributed by atoms with E-state index in [4.69, 9.17) is 4.42 Å².